The van der Waals surface area contributed by atoms with Crippen LogP contribution in [0.25, 0.3) is 0 Å². The fourth-order valence-corrected chi connectivity index (χ4v) is 3.58. The molecule has 1 amide bonds. The number of hydrogen-bond acceptors (Lipinski definition) is 4. The lowest BCUT2D eigenvalue weighted by atomic mass is 10.1. The van der Waals surface area contributed by atoms with E-state index in [1.807, 2.05) is 0 Å². The molecule has 0 unspecified atom stereocenters. The fourth-order valence-electron chi connectivity index (χ4n) is 2.16. The number of nitrogens with one attached hydrogen (secondary N) is 1. The fraction of sp³-hybridized carbons (Fsp3) is 0.533. The largest absolute Gasteiger partial charge is 0.495 e. The summed E-state index contributed by atoms with van der Waals surface area (Å²) < 4.78 is 30.1. The number of methoxy groups -OCH3 is 1. The number of rotatable bonds is 6. The van der Waals surface area contributed by atoms with Crippen LogP contribution in [0.1, 0.15) is 27.2 Å². The Hall–Kier alpha value is -1.60. The van der Waals surface area contributed by atoms with Gasteiger partial charge >= 0.3 is 0 Å². The standard InChI is InChI=1S/C15H24N2O4S/c1-15(2,3)17(22(5,19)20)11-10-14(18)16-12-8-6-7-9-13(12)21-4/h6-9H,10-11H2,1-5H3,(H,16,18). The van der Waals surface area contributed by atoms with Crippen molar-refractivity contribution < 1.29 is 17.9 Å². The molecule has 0 aliphatic rings. The third-order valence-electron chi connectivity index (χ3n) is 3.07. The molecule has 0 saturated carbocycles. The Morgan fingerprint density at radius 2 is 1.86 bits per heavy atom. The molecular formula is C15H24N2O4S. The monoisotopic (exact) mass is 328 g/mol. The van der Waals surface area contributed by atoms with Crippen molar-refractivity contribution in [3.8, 4) is 5.75 Å². The SMILES string of the molecule is COc1ccccc1NC(=O)CCN(C(C)(C)C)S(C)(=O)=O. The summed E-state index contributed by atoms with van der Waals surface area (Å²) in [6.07, 6.45) is 1.22. The maximum Gasteiger partial charge on any atom is 0.225 e. The molecule has 22 heavy (non-hydrogen) atoms. The Kier molecular flexibility index (Phi) is 5.96. The Morgan fingerprint density at radius 3 is 2.36 bits per heavy atom. The zero-order valence-electron chi connectivity index (χ0n) is 13.7. The summed E-state index contributed by atoms with van der Waals surface area (Å²) in [5.74, 6) is 0.300. The van der Waals surface area contributed by atoms with Crippen LogP contribution < -0.4 is 10.1 Å². The van der Waals surface area contributed by atoms with Crippen LogP contribution >= 0.6 is 0 Å². The topological polar surface area (TPSA) is 75.7 Å². The van der Waals surface area contributed by atoms with Crippen LogP contribution in [-0.2, 0) is 14.8 Å². The van der Waals surface area contributed by atoms with E-state index in [4.69, 9.17) is 4.74 Å². The lowest BCUT2D eigenvalue weighted by Crippen LogP contribution is -2.46. The molecule has 0 heterocycles. The van der Waals surface area contributed by atoms with E-state index in [0.717, 1.165) is 6.26 Å². The number of carbonyl (C=O) groups is 1. The van der Waals surface area contributed by atoms with Crippen LogP contribution in [-0.4, -0.2) is 44.1 Å². The number of sulfonamides is 1. The highest BCUT2D eigenvalue weighted by Crippen LogP contribution is 2.23. The van der Waals surface area contributed by atoms with Gasteiger partial charge < -0.3 is 10.1 Å². The van der Waals surface area contributed by atoms with Crippen molar-refractivity contribution in [1.29, 1.82) is 0 Å². The molecule has 0 radical (unpaired) electrons. The summed E-state index contributed by atoms with van der Waals surface area (Å²) in [7, 11) is -1.85. The first-order chi connectivity index (χ1) is 10.1. The Balaban J connectivity index is 2.73. The van der Waals surface area contributed by atoms with Crippen molar-refractivity contribution in [3.63, 3.8) is 0 Å². The highest BCUT2D eigenvalue weighted by Gasteiger charge is 2.29. The van der Waals surface area contributed by atoms with Crippen LogP contribution in [0.2, 0.25) is 0 Å². The molecule has 6 nitrogen and oxygen atoms in total. The van der Waals surface area contributed by atoms with Gasteiger partial charge in [-0.05, 0) is 32.9 Å². The average Bonchev–Trinajstić information content (AvgIpc) is 2.36. The number of benzene rings is 1. The molecule has 1 rings (SSSR count). The molecule has 7 heteroatoms. The van der Waals surface area contributed by atoms with E-state index >= 15 is 0 Å². The highest BCUT2D eigenvalue weighted by atomic mass is 32.2. The van der Waals surface area contributed by atoms with E-state index in [2.05, 4.69) is 5.32 Å². The summed E-state index contributed by atoms with van der Waals surface area (Å²) in [6.45, 7) is 5.52. The van der Waals surface area contributed by atoms with Crippen molar-refractivity contribution in [2.45, 2.75) is 32.7 Å². The number of ether oxygens (including phenoxy) is 1. The predicted octanol–water partition coefficient (Wildman–Crippen LogP) is 2.08. The maximum absolute atomic E-state index is 12.1. The zero-order valence-corrected chi connectivity index (χ0v) is 14.5. The Bertz CT molecular complexity index is 621. The van der Waals surface area contributed by atoms with E-state index in [9.17, 15) is 13.2 Å². The van der Waals surface area contributed by atoms with Crippen LogP contribution in [0.5, 0.6) is 5.75 Å². The number of hydrogen-bond donors (Lipinski definition) is 1. The van der Waals surface area contributed by atoms with Crippen molar-refractivity contribution in [1.82, 2.24) is 4.31 Å². The van der Waals surface area contributed by atoms with Gasteiger partial charge in [0.1, 0.15) is 5.75 Å². The van der Waals surface area contributed by atoms with E-state index in [1.165, 1.54) is 11.4 Å². The molecule has 0 spiro atoms. The maximum atomic E-state index is 12.1. The second kappa shape index (κ2) is 7.11. The van der Waals surface area contributed by atoms with Gasteiger partial charge in [0.25, 0.3) is 0 Å². The zero-order chi connectivity index (χ0) is 17.0. The minimum absolute atomic E-state index is 0.0718. The minimum Gasteiger partial charge on any atom is -0.495 e. The van der Waals surface area contributed by atoms with Gasteiger partial charge in [-0.15, -0.1) is 0 Å². The van der Waals surface area contributed by atoms with Gasteiger partial charge in [-0.1, -0.05) is 12.1 Å². The second-order valence-electron chi connectivity index (χ2n) is 6.00. The third kappa shape index (κ3) is 5.31. The first-order valence-electron chi connectivity index (χ1n) is 6.96. The summed E-state index contributed by atoms with van der Waals surface area (Å²) in [6, 6.07) is 7.07. The molecule has 0 aliphatic heterocycles. The molecule has 0 aromatic heterocycles. The number of carbonyl (C=O) groups excluding carboxylic acids is 1. The quantitative estimate of drug-likeness (QED) is 0.867. The van der Waals surface area contributed by atoms with E-state index < -0.39 is 15.6 Å². The highest BCUT2D eigenvalue weighted by molar-refractivity contribution is 7.88. The Morgan fingerprint density at radius 1 is 1.27 bits per heavy atom. The summed E-state index contributed by atoms with van der Waals surface area (Å²) in [5.41, 5.74) is -0.00477. The van der Waals surface area contributed by atoms with Gasteiger partial charge in [-0.2, -0.15) is 4.31 Å². The smallest absolute Gasteiger partial charge is 0.225 e. The molecule has 0 aliphatic carbocycles. The lowest BCUT2D eigenvalue weighted by molar-refractivity contribution is -0.116. The van der Waals surface area contributed by atoms with Gasteiger partial charge in [0.05, 0.1) is 19.1 Å². The second-order valence-corrected chi connectivity index (χ2v) is 7.91. The van der Waals surface area contributed by atoms with Crippen molar-refractivity contribution in [2.24, 2.45) is 0 Å². The molecule has 1 aromatic rings. The van der Waals surface area contributed by atoms with Crippen LogP contribution in [0, 0.1) is 0 Å². The number of para-hydroxylation sites is 2. The minimum atomic E-state index is -3.38. The Labute approximate surface area is 132 Å². The van der Waals surface area contributed by atoms with Gasteiger partial charge in [-0.3, -0.25) is 4.79 Å². The molecule has 0 fully saturated rings. The van der Waals surface area contributed by atoms with E-state index in [-0.39, 0.29) is 18.9 Å². The lowest BCUT2D eigenvalue weighted by Gasteiger charge is -2.33. The van der Waals surface area contributed by atoms with Crippen molar-refractivity contribution >= 4 is 21.6 Å². The number of amides is 1. The van der Waals surface area contributed by atoms with E-state index in [1.54, 1.807) is 45.0 Å². The molecule has 1 N–H and O–H groups in total. The number of anilines is 1. The summed E-state index contributed by atoms with van der Waals surface area (Å²) in [4.78, 5) is 12.1. The normalized spacial score (nSPS) is 12.3. The van der Waals surface area contributed by atoms with Gasteiger partial charge in [0.15, 0.2) is 0 Å². The van der Waals surface area contributed by atoms with Crippen molar-refractivity contribution in [2.75, 3.05) is 25.2 Å². The van der Waals surface area contributed by atoms with Gasteiger partial charge in [-0.25, -0.2) is 8.42 Å². The van der Waals surface area contributed by atoms with Crippen LogP contribution in [0.15, 0.2) is 24.3 Å². The van der Waals surface area contributed by atoms with Gasteiger partial charge in [0, 0.05) is 18.5 Å². The molecule has 0 bridgehead atoms. The first-order valence-corrected chi connectivity index (χ1v) is 8.81. The van der Waals surface area contributed by atoms with Crippen molar-refractivity contribution in [3.05, 3.63) is 24.3 Å². The number of nitrogens with zero attached hydrogens (tertiary/aromatic N) is 1. The van der Waals surface area contributed by atoms with Gasteiger partial charge in [0.2, 0.25) is 15.9 Å². The molecular weight excluding hydrogens is 304 g/mol. The third-order valence-corrected chi connectivity index (χ3v) is 4.60. The molecule has 0 saturated heterocycles. The average molecular weight is 328 g/mol. The van der Waals surface area contributed by atoms with E-state index in [0.29, 0.717) is 11.4 Å². The van der Waals surface area contributed by atoms with Crippen LogP contribution in [0.3, 0.4) is 0 Å². The molecule has 124 valence electrons. The summed E-state index contributed by atoms with van der Waals surface area (Å²) >= 11 is 0. The summed E-state index contributed by atoms with van der Waals surface area (Å²) in [5, 5.41) is 2.73. The molecule has 0 atom stereocenters. The predicted molar refractivity (Wildman–Crippen MR) is 87.5 cm³/mol. The molecule has 1 aromatic carbocycles. The van der Waals surface area contributed by atoms with Crippen LogP contribution in [0.4, 0.5) is 5.69 Å². The first kappa shape index (κ1) is 18.4.